The number of unbranched alkanes of at least 4 members (excludes halogenated alkanes) is 1. The minimum atomic E-state index is -0.538. The van der Waals surface area contributed by atoms with Crippen molar-refractivity contribution in [1.29, 1.82) is 0 Å². The Hall–Kier alpha value is -1.40. The van der Waals surface area contributed by atoms with Crippen molar-refractivity contribution in [3.05, 3.63) is 35.4 Å². The number of nitrogens with one attached hydrogen (secondary N) is 1. The van der Waals surface area contributed by atoms with Gasteiger partial charge in [0.05, 0.1) is 0 Å². The minimum absolute atomic E-state index is 0.184. The normalized spacial score (nSPS) is 12.1. The second kappa shape index (κ2) is 7.84. The number of terminal acetylenes is 1. The lowest BCUT2D eigenvalue weighted by atomic mass is 10.0. The molecule has 0 radical (unpaired) electrons. The summed E-state index contributed by atoms with van der Waals surface area (Å²) in [5.41, 5.74) is 0.544. The summed E-state index contributed by atoms with van der Waals surface area (Å²) >= 11 is 0. The summed E-state index contributed by atoms with van der Waals surface area (Å²) in [6.45, 7) is 2.83. The SMILES string of the molecule is C#CCCCC(Cc1ccc(F)cc1F)NCC. The molecule has 98 valence electrons. The summed E-state index contributed by atoms with van der Waals surface area (Å²) in [5, 5.41) is 3.30. The predicted octanol–water partition coefficient (Wildman–Crippen LogP) is 3.29. The molecule has 0 fully saturated rings. The van der Waals surface area contributed by atoms with Crippen LogP contribution in [0.3, 0.4) is 0 Å². The van der Waals surface area contributed by atoms with Gasteiger partial charge in [-0.2, -0.15) is 0 Å². The second-order valence-corrected chi connectivity index (χ2v) is 4.29. The van der Waals surface area contributed by atoms with Crippen LogP contribution in [-0.2, 0) is 6.42 Å². The van der Waals surface area contributed by atoms with Crippen LogP contribution in [0.4, 0.5) is 8.78 Å². The largest absolute Gasteiger partial charge is 0.314 e. The Balaban J connectivity index is 2.61. The zero-order valence-electron chi connectivity index (χ0n) is 10.7. The van der Waals surface area contributed by atoms with Gasteiger partial charge in [0, 0.05) is 18.5 Å². The molecule has 0 bridgehead atoms. The molecule has 18 heavy (non-hydrogen) atoms. The van der Waals surface area contributed by atoms with Crippen molar-refractivity contribution in [2.45, 2.75) is 38.6 Å². The second-order valence-electron chi connectivity index (χ2n) is 4.29. The monoisotopic (exact) mass is 251 g/mol. The molecule has 0 amide bonds. The van der Waals surface area contributed by atoms with Crippen LogP contribution in [0.15, 0.2) is 18.2 Å². The van der Waals surface area contributed by atoms with Gasteiger partial charge in [0.15, 0.2) is 0 Å². The van der Waals surface area contributed by atoms with Crippen LogP contribution < -0.4 is 5.32 Å². The fourth-order valence-corrected chi connectivity index (χ4v) is 1.97. The summed E-state index contributed by atoms with van der Waals surface area (Å²) < 4.78 is 26.3. The molecule has 1 rings (SSSR count). The highest BCUT2D eigenvalue weighted by Gasteiger charge is 2.11. The third kappa shape index (κ3) is 4.85. The molecule has 0 saturated carbocycles. The van der Waals surface area contributed by atoms with Crippen LogP contribution in [0.25, 0.3) is 0 Å². The van der Waals surface area contributed by atoms with E-state index in [0.29, 0.717) is 12.0 Å². The Labute approximate surface area is 108 Å². The molecule has 0 aromatic heterocycles. The summed E-state index contributed by atoms with van der Waals surface area (Å²) in [6.07, 6.45) is 8.31. The van der Waals surface area contributed by atoms with E-state index in [1.54, 1.807) is 0 Å². The van der Waals surface area contributed by atoms with Gasteiger partial charge in [-0.25, -0.2) is 8.78 Å². The van der Waals surface area contributed by atoms with Crippen LogP contribution in [0.2, 0.25) is 0 Å². The summed E-state index contributed by atoms with van der Waals surface area (Å²) in [6, 6.07) is 3.92. The van der Waals surface area contributed by atoms with Crippen molar-refractivity contribution in [3.8, 4) is 12.3 Å². The van der Waals surface area contributed by atoms with Gasteiger partial charge in [0.1, 0.15) is 11.6 Å². The number of likely N-dealkylation sites (N-methyl/N-ethyl adjacent to an activating group) is 1. The first-order chi connectivity index (χ1) is 8.67. The third-order valence-electron chi connectivity index (χ3n) is 2.85. The number of benzene rings is 1. The Morgan fingerprint density at radius 1 is 1.39 bits per heavy atom. The molecule has 0 spiro atoms. The fourth-order valence-electron chi connectivity index (χ4n) is 1.97. The Morgan fingerprint density at radius 2 is 2.17 bits per heavy atom. The van der Waals surface area contributed by atoms with Crippen molar-refractivity contribution in [3.63, 3.8) is 0 Å². The number of hydrogen-bond acceptors (Lipinski definition) is 1. The quantitative estimate of drug-likeness (QED) is 0.579. The molecule has 0 aliphatic rings. The molecule has 1 aromatic rings. The van der Waals surface area contributed by atoms with E-state index in [2.05, 4.69) is 11.2 Å². The van der Waals surface area contributed by atoms with E-state index in [0.717, 1.165) is 31.9 Å². The predicted molar refractivity (Wildman–Crippen MR) is 70.2 cm³/mol. The molecule has 1 atom stereocenters. The van der Waals surface area contributed by atoms with Gasteiger partial charge in [0.25, 0.3) is 0 Å². The Kier molecular flexibility index (Phi) is 6.38. The van der Waals surface area contributed by atoms with Crippen LogP contribution in [-0.4, -0.2) is 12.6 Å². The first kappa shape index (κ1) is 14.7. The van der Waals surface area contributed by atoms with E-state index in [9.17, 15) is 8.78 Å². The molecule has 1 aromatic carbocycles. The lowest BCUT2D eigenvalue weighted by Gasteiger charge is -2.17. The molecule has 0 saturated heterocycles. The van der Waals surface area contributed by atoms with Crippen LogP contribution >= 0.6 is 0 Å². The van der Waals surface area contributed by atoms with Crippen molar-refractivity contribution < 1.29 is 8.78 Å². The molecule has 0 aliphatic heterocycles. The van der Waals surface area contributed by atoms with Crippen molar-refractivity contribution in [2.75, 3.05) is 6.54 Å². The summed E-state index contributed by atoms with van der Waals surface area (Å²) in [4.78, 5) is 0. The first-order valence-corrected chi connectivity index (χ1v) is 6.28. The van der Waals surface area contributed by atoms with E-state index in [1.807, 2.05) is 6.92 Å². The highest BCUT2D eigenvalue weighted by atomic mass is 19.1. The Bertz CT molecular complexity index is 409. The van der Waals surface area contributed by atoms with Crippen molar-refractivity contribution in [2.24, 2.45) is 0 Å². The maximum Gasteiger partial charge on any atom is 0.129 e. The topological polar surface area (TPSA) is 12.0 Å². The lowest BCUT2D eigenvalue weighted by molar-refractivity contribution is 0.468. The van der Waals surface area contributed by atoms with E-state index < -0.39 is 11.6 Å². The van der Waals surface area contributed by atoms with Crippen molar-refractivity contribution >= 4 is 0 Å². The highest BCUT2D eigenvalue weighted by molar-refractivity contribution is 5.19. The zero-order chi connectivity index (χ0) is 13.4. The molecule has 1 nitrogen and oxygen atoms in total. The molecule has 0 heterocycles. The first-order valence-electron chi connectivity index (χ1n) is 6.28. The number of halogens is 2. The molecular formula is C15H19F2N. The molecule has 1 N–H and O–H groups in total. The van der Waals surface area contributed by atoms with Gasteiger partial charge in [-0.15, -0.1) is 12.3 Å². The molecule has 0 aliphatic carbocycles. The minimum Gasteiger partial charge on any atom is -0.314 e. The van der Waals surface area contributed by atoms with E-state index >= 15 is 0 Å². The lowest BCUT2D eigenvalue weighted by Crippen LogP contribution is -2.31. The molecule has 3 heteroatoms. The van der Waals surface area contributed by atoms with Gasteiger partial charge in [-0.05, 0) is 37.4 Å². The van der Waals surface area contributed by atoms with E-state index in [1.165, 1.54) is 12.1 Å². The zero-order valence-corrected chi connectivity index (χ0v) is 10.7. The maximum absolute atomic E-state index is 13.5. The summed E-state index contributed by atoms with van der Waals surface area (Å²) in [5.74, 6) is 1.58. The van der Waals surface area contributed by atoms with Gasteiger partial charge in [0.2, 0.25) is 0 Å². The average molecular weight is 251 g/mol. The van der Waals surface area contributed by atoms with Crippen molar-refractivity contribution in [1.82, 2.24) is 5.32 Å². The van der Waals surface area contributed by atoms with Gasteiger partial charge >= 0.3 is 0 Å². The van der Waals surface area contributed by atoms with Gasteiger partial charge in [-0.1, -0.05) is 13.0 Å². The standard InChI is InChI=1S/C15H19F2N/c1-3-5-6-7-14(18-4-2)10-12-8-9-13(16)11-15(12)17/h1,8-9,11,14,18H,4-7,10H2,2H3. The van der Waals surface area contributed by atoms with Crippen LogP contribution in [0.5, 0.6) is 0 Å². The third-order valence-corrected chi connectivity index (χ3v) is 2.85. The average Bonchev–Trinajstić information content (AvgIpc) is 2.33. The molecular weight excluding hydrogens is 232 g/mol. The van der Waals surface area contributed by atoms with E-state index in [4.69, 9.17) is 6.42 Å². The van der Waals surface area contributed by atoms with Crippen LogP contribution in [0, 0.1) is 24.0 Å². The van der Waals surface area contributed by atoms with Gasteiger partial charge in [-0.3, -0.25) is 0 Å². The highest BCUT2D eigenvalue weighted by Crippen LogP contribution is 2.14. The summed E-state index contributed by atoms with van der Waals surface area (Å²) in [7, 11) is 0. The van der Waals surface area contributed by atoms with Crippen LogP contribution in [0.1, 0.15) is 31.7 Å². The Morgan fingerprint density at radius 3 is 2.78 bits per heavy atom. The smallest absolute Gasteiger partial charge is 0.129 e. The van der Waals surface area contributed by atoms with E-state index in [-0.39, 0.29) is 6.04 Å². The fraction of sp³-hybridized carbons (Fsp3) is 0.467. The van der Waals surface area contributed by atoms with Gasteiger partial charge < -0.3 is 5.32 Å². The number of hydrogen-bond donors (Lipinski definition) is 1. The number of rotatable bonds is 7. The molecule has 1 unspecified atom stereocenters. The maximum atomic E-state index is 13.5.